The predicted octanol–water partition coefficient (Wildman–Crippen LogP) is 2.88. The minimum absolute atomic E-state index is 0.105. The van der Waals surface area contributed by atoms with Crippen LogP contribution in [0.2, 0.25) is 0 Å². The number of benzene rings is 1. The number of rotatable bonds is 5. The summed E-state index contributed by atoms with van der Waals surface area (Å²) in [6.45, 7) is 0.896. The van der Waals surface area contributed by atoms with E-state index in [1.54, 1.807) is 6.07 Å². The van der Waals surface area contributed by atoms with Crippen molar-refractivity contribution in [2.75, 3.05) is 19.9 Å². The minimum Gasteiger partial charge on any atom is -0.481 e. The maximum atomic E-state index is 11.8. The zero-order valence-corrected chi connectivity index (χ0v) is 13.8. The number of hydrogen-bond acceptors (Lipinski definition) is 4. The Morgan fingerprint density at radius 2 is 2.00 bits per heavy atom. The molecule has 0 aromatic heterocycles. The van der Waals surface area contributed by atoms with E-state index >= 15 is 0 Å². The van der Waals surface area contributed by atoms with Crippen LogP contribution < -0.4 is 19.5 Å². The number of carbonyl (C=O) groups excluding carboxylic acids is 1. The Hall–Kier alpha value is -2.35. The summed E-state index contributed by atoms with van der Waals surface area (Å²) >= 11 is 0. The SMILES string of the molecule is O=C(CC1CCCCC1)NCC#CCOc1ccc2c(c1)OCO2. The summed E-state index contributed by atoms with van der Waals surface area (Å²) in [6, 6.07) is 5.42. The van der Waals surface area contributed by atoms with E-state index in [1.807, 2.05) is 12.1 Å². The fraction of sp³-hybridized carbons (Fsp3) is 0.526. The Balaban J connectivity index is 1.32. The highest BCUT2D eigenvalue weighted by atomic mass is 16.7. The summed E-state index contributed by atoms with van der Waals surface area (Å²) in [7, 11) is 0. The number of ether oxygens (including phenoxy) is 3. The van der Waals surface area contributed by atoms with E-state index < -0.39 is 0 Å². The highest BCUT2D eigenvalue weighted by Crippen LogP contribution is 2.34. The third kappa shape index (κ3) is 4.82. The van der Waals surface area contributed by atoms with Gasteiger partial charge in [0.15, 0.2) is 11.5 Å². The Labute approximate surface area is 142 Å². The van der Waals surface area contributed by atoms with E-state index in [4.69, 9.17) is 14.2 Å². The van der Waals surface area contributed by atoms with Gasteiger partial charge in [0.2, 0.25) is 12.7 Å². The second-order valence-electron chi connectivity index (χ2n) is 6.14. The molecule has 1 N–H and O–H groups in total. The monoisotopic (exact) mass is 329 g/mol. The van der Waals surface area contributed by atoms with E-state index in [-0.39, 0.29) is 19.3 Å². The van der Waals surface area contributed by atoms with Gasteiger partial charge in [-0.05, 0) is 30.9 Å². The van der Waals surface area contributed by atoms with Crippen LogP contribution in [0.15, 0.2) is 18.2 Å². The van der Waals surface area contributed by atoms with Gasteiger partial charge >= 0.3 is 0 Å². The van der Waals surface area contributed by atoms with Gasteiger partial charge < -0.3 is 19.5 Å². The van der Waals surface area contributed by atoms with Crippen molar-refractivity contribution in [3.63, 3.8) is 0 Å². The van der Waals surface area contributed by atoms with Gasteiger partial charge in [0, 0.05) is 12.5 Å². The van der Waals surface area contributed by atoms with Crippen LogP contribution in [0.5, 0.6) is 17.2 Å². The summed E-state index contributed by atoms with van der Waals surface area (Å²) in [4.78, 5) is 11.8. The van der Waals surface area contributed by atoms with Gasteiger partial charge in [-0.1, -0.05) is 31.1 Å². The molecule has 0 atom stereocenters. The highest BCUT2D eigenvalue weighted by molar-refractivity contribution is 5.76. The molecule has 3 rings (SSSR count). The highest BCUT2D eigenvalue weighted by Gasteiger charge is 2.16. The van der Waals surface area contributed by atoms with Crippen LogP contribution in [-0.2, 0) is 4.79 Å². The topological polar surface area (TPSA) is 56.8 Å². The van der Waals surface area contributed by atoms with Gasteiger partial charge in [-0.25, -0.2) is 0 Å². The first-order chi connectivity index (χ1) is 11.8. The second kappa shape index (κ2) is 8.49. The molecule has 1 heterocycles. The molecule has 5 nitrogen and oxygen atoms in total. The van der Waals surface area contributed by atoms with Crippen molar-refractivity contribution in [3.05, 3.63) is 18.2 Å². The van der Waals surface area contributed by atoms with Crippen LogP contribution in [0.25, 0.3) is 0 Å². The van der Waals surface area contributed by atoms with E-state index in [1.165, 1.54) is 32.1 Å². The van der Waals surface area contributed by atoms with Gasteiger partial charge in [0.1, 0.15) is 12.4 Å². The summed E-state index contributed by atoms with van der Waals surface area (Å²) < 4.78 is 16.1. The zero-order valence-electron chi connectivity index (χ0n) is 13.8. The summed E-state index contributed by atoms with van der Waals surface area (Å²) in [5, 5.41) is 2.86. The number of carbonyl (C=O) groups is 1. The normalized spacial score (nSPS) is 16.2. The van der Waals surface area contributed by atoms with Gasteiger partial charge in [-0.15, -0.1) is 0 Å². The van der Waals surface area contributed by atoms with Crippen LogP contribution in [0.4, 0.5) is 0 Å². The molecule has 1 amide bonds. The third-order valence-electron chi connectivity index (χ3n) is 4.35. The van der Waals surface area contributed by atoms with E-state index in [0.717, 1.165) is 5.75 Å². The van der Waals surface area contributed by atoms with E-state index in [0.29, 0.717) is 30.4 Å². The van der Waals surface area contributed by atoms with E-state index in [9.17, 15) is 4.79 Å². The molecule has 1 aliphatic carbocycles. The average Bonchev–Trinajstić information content (AvgIpc) is 3.06. The number of hydrogen-bond donors (Lipinski definition) is 1. The summed E-state index contributed by atoms with van der Waals surface area (Å²) in [5.41, 5.74) is 0. The molecule has 1 aromatic rings. The first kappa shape index (κ1) is 16.5. The lowest BCUT2D eigenvalue weighted by Gasteiger charge is -2.20. The van der Waals surface area contributed by atoms with Crippen LogP contribution >= 0.6 is 0 Å². The van der Waals surface area contributed by atoms with Crippen molar-refractivity contribution >= 4 is 5.91 Å². The molecule has 0 unspecified atom stereocenters. The van der Waals surface area contributed by atoms with Crippen molar-refractivity contribution < 1.29 is 19.0 Å². The van der Waals surface area contributed by atoms with Gasteiger partial charge in [-0.2, -0.15) is 0 Å². The number of nitrogens with one attached hydrogen (secondary N) is 1. The zero-order chi connectivity index (χ0) is 16.6. The summed E-state index contributed by atoms with van der Waals surface area (Å²) in [6.07, 6.45) is 6.83. The Morgan fingerprint density at radius 1 is 1.17 bits per heavy atom. The first-order valence-electron chi connectivity index (χ1n) is 8.56. The molecule has 24 heavy (non-hydrogen) atoms. The van der Waals surface area contributed by atoms with Crippen molar-refractivity contribution in [1.29, 1.82) is 0 Å². The van der Waals surface area contributed by atoms with Crippen molar-refractivity contribution in [3.8, 4) is 29.1 Å². The lowest BCUT2D eigenvalue weighted by Crippen LogP contribution is -2.26. The number of amides is 1. The van der Waals surface area contributed by atoms with Crippen LogP contribution in [0, 0.1) is 17.8 Å². The van der Waals surface area contributed by atoms with Crippen molar-refractivity contribution in [2.45, 2.75) is 38.5 Å². The predicted molar refractivity (Wildman–Crippen MR) is 90.0 cm³/mol. The lowest BCUT2D eigenvalue weighted by atomic mass is 9.87. The van der Waals surface area contributed by atoms with Gasteiger partial charge in [0.05, 0.1) is 6.54 Å². The first-order valence-corrected chi connectivity index (χ1v) is 8.56. The summed E-state index contributed by atoms with van der Waals surface area (Å²) in [5.74, 6) is 8.59. The Morgan fingerprint density at radius 3 is 2.88 bits per heavy atom. The molecule has 1 saturated carbocycles. The molecule has 0 saturated heterocycles. The maximum Gasteiger partial charge on any atom is 0.231 e. The molecule has 1 aromatic carbocycles. The quantitative estimate of drug-likeness (QED) is 0.844. The Bertz CT molecular complexity index is 626. The molecule has 0 spiro atoms. The molecular formula is C19H23NO4. The molecule has 5 heteroatoms. The van der Waals surface area contributed by atoms with Crippen LogP contribution in [-0.4, -0.2) is 25.9 Å². The maximum absolute atomic E-state index is 11.8. The van der Waals surface area contributed by atoms with Crippen LogP contribution in [0.3, 0.4) is 0 Å². The average molecular weight is 329 g/mol. The second-order valence-corrected chi connectivity index (χ2v) is 6.14. The molecule has 1 fully saturated rings. The van der Waals surface area contributed by atoms with E-state index in [2.05, 4.69) is 17.2 Å². The smallest absolute Gasteiger partial charge is 0.231 e. The molecule has 2 aliphatic rings. The fourth-order valence-corrected chi connectivity index (χ4v) is 3.07. The minimum atomic E-state index is 0.105. The molecule has 0 bridgehead atoms. The fourth-order valence-electron chi connectivity index (χ4n) is 3.07. The molecule has 1 aliphatic heterocycles. The Kier molecular flexibility index (Phi) is 5.84. The van der Waals surface area contributed by atoms with Crippen molar-refractivity contribution in [1.82, 2.24) is 5.32 Å². The molecular weight excluding hydrogens is 306 g/mol. The number of fused-ring (bicyclic) bond motifs is 1. The van der Waals surface area contributed by atoms with Crippen molar-refractivity contribution in [2.24, 2.45) is 5.92 Å². The van der Waals surface area contributed by atoms with Crippen LogP contribution in [0.1, 0.15) is 38.5 Å². The standard InChI is InChI=1S/C19H23NO4/c21-19(12-15-6-2-1-3-7-15)20-10-4-5-11-22-16-8-9-17-18(13-16)24-14-23-17/h8-9,13,15H,1-3,6-7,10-12,14H2,(H,20,21). The molecule has 128 valence electrons. The van der Waals surface area contributed by atoms with Gasteiger partial charge in [0.25, 0.3) is 0 Å². The van der Waals surface area contributed by atoms with Gasteiger partial charge in [-0.3, -0.25) is 4.79 Å². The lowest BCUT2D eigenvalue weighted by molar-refractivity contribution is -0.122. The third-order valence-corrected chi connectivity index (χ3v) is 4.35. The molecule has 0 radical (unpaired) electrons. The largest absolute Gasteiger partial charge is 0.481 e.